The molecule has 0 atom stereocenters. The molecule has 0 saturated carbocycles. The SMILES string of the molecule is Cc1ccc(OCCC(=O)NCc2ccncc2)cc1. The number of carbonyl (C=O) groups excluding carboxylic acids is 1. The van der Waals surface area contributed by atoms with Crippen molar-refractivity contribution in [3.63, 3.8) is 0 Å². The van der Waals surface area contributed by atoms with Crippen molar-refractivity contribution in [3.8, 4) is 5.75 Å². The lowest BCUT2D eigenvalue weighted by Crippen LogP contribution is -2.24. The summed E-state index contributed by atoms with van der Waals surface area (Å²) in [5, 5.41) is 2.85. The summed E-state index contributed by atoms with van der Waals surface area (Å²) < 4.78 is 5.51. The van der Waals surface area contributed by atoms with Gasteiger partial charge in [0.2, 0.25) is 5.91 Å². The molecule has 0 bridgehead atoms. The Morgan fingerprint density at radius 3 is 2.55 bits per heavy atom. The van der Waals surface area contributed by atoms with E-state index in [2.05, 4.69) is 10.3 Å². The van der Waals surface area contributed by atoms with Crippen molar-refractivity contribution in [1.29, 1.82) is 0 Å². The predicted octanol–water partition coefficient (Wildman–Crippen LogP) is 2.48. The van der Waals surface area contributed by atoms with E-state index in [-0.39, 0.29) is 5.91 Å². The number of benzene rings is 1. The molecule has 1 aromatic heterocycles. The van der Waals surface area contributed by atoms with E-state index in [1.165, 1.54) is 5.56 Å². The Hall–Kier alpha value is -2.36. The number of aromatic nitrogens is 1. The second kappa shape index (κ2) is 7.28. The van der Waals surface area contributed by atoms with Crippen LogP contribution < -0.4 is 10.1 Å². The van der Waals surface area contributed by atoms with E-state index in [1.54, 1.807) is 12.4 Å². The zero-order valence-electron chi connectivity index (χ0n) is 11.5. The maximum atomic E-state index is 11.7. The molecule has 1 amide bonds. The third-order valence-corrected chi connectivity index (χ3v) is 2.86. The number of nitrogens with one attached hydrogen (secondary N) is 1. The minimum absolute atomic E-state index is 0.0195. The van der Waals surface area contributed by atoms with Crippen molar-refractivity contribution in [2.75, 3.05) is 6.61 Å². The molecule has 1 heterocycles. The average molecular weight is 270 g/mol. The van der Waals surface area contributed by atoms with Gasteiger partial charge in [0.25, 0.3) is 0 Å². The van der Waals surface area contributed by atoms with Crippen LogP contribution in [0, 0.1) is 6.92 Å². The molecule has 0 aliphatic rings. The van der Waals surface area contributed by atoms with Gasteiger partial charge in [-0.3, -0.25) is 9.78 Å². The molecule has 20 heavy (non-hydrogen) atoms. The van der Waals surface area contributed by atoms with Crippen LogP contribution in [0.3, 0.4) is 0 Å². The summed E-state index contributed by atoms with van der Waals surface area (Å²) in [5.74, 6) is 0.770. The number of carbonyl (C=O) groups is 1. The summed E-state index contributed by atoms with van der Waals surface area (Å²) in [7, 11) is 0. The molecular formula is C16H18N2O2. The molecule has 0 fully saturated rings. The van der Waals surface area contributed by atoms with Gasteiger partial charge in [-0.1, -0.05) is 17.7 Å². The smallest absolute Gasteiger partial charge is 0.223 e. The van der Waals surface area contributed by atoms with Crippen LogP contribution in [0.15, 0.2) is 48.8 Å². The van der Waals surface area contributed by atoms with Crippen molar-refractivity contribution < 1.29 is 9.53 Å². The third-order valence-electron chi connectivity index (χ3n) is 2.86. The van der Waals surface area contributed by atoms with E-state index >= 15 is 0 Å². The largest absolute Gasteiger partial charge is 0.493 e. The number of pyridine rings is 1. The van der Waals surface area contributed by atoms with E-state index in [9.17, 15) is 4.79 Å². The van der Waals surface area contributed by atoms with Gasteiger partial charge in [-0.05, 0) is 36.8 Å². The maximum absolute atomic E-state index is 11.7. The minimum Gasteiger partial charge on any atom is -0.493 e. The topological polar surface area (TPSA) is 51.2 Å². The van der Waals surface area contributed by atoms with Gasteiger partial charge in [-0.15, -0.1) is 0 Å². The van der Waals surface area contributed by atoms with Crippen LogP contribution in [-0.2, 0) is 11.3 Å². The van der Waals surface area contributed by atoms with Gasteiger partial charge in [0.1, 0.15) is 5.75 Å². The zero-order chi connectivity index (χ0) is 14.2. The van der Waals surface area contributed by atoms with Crippen LogP contribution >= 0.6 is 0 Å². The van der Waals surface area contributed by atoms with Gasteiger partial charge < -0.3 is 10.1 Å². The predicted molar refractivity (Wildman–Crippen MR) is 77.4 cm³/mol. The van der Waals surface area contributed by atoms with Crippen molar-refractivity contribution in [1.82, 2.24) is 10.3 Å². The fraction of sp³-hybridized carbons (Fsp3) is 0.250. The van der Waals surface area contributed by atoms with Gasteiger partial charge >= 0.3 is 0 Å². The van der Waals surface area contributed by atoms with Crippen LogP contribution in [0.4, 0.5) is 0 Å². The fourth-order valence-electron chi connectivity index (χ4n) is 1.69. The number of hydrogen-bond acceptors (Lipinski definition) is 3. The first-order valence-electron chi connectivity index (χ1n) is 6.59. The fourth-order valence-corrected chi connectivity index (χ4v) is 1.69. The Balaban J connectivity index is 1.66. The number of rotatable bonds is 6. The van der Waals surface area contributed by atoms with Crippen LogP contribution in [0.1, 0.15) is 17.5 Å². The van der Waals surface area contributed by atoms with E-state index < -0.39 is 0 Å². The molecule has 2 aromatic rings. The monoisotopic (exact) mass is 270 g/mol. The first-order valence-corrected chi connectivity index (χ1v) is 6.59. The third kappa shape index (κ3) is 4.72. The van der Waals surface area contributed by atoms with Gasteiger partial charge in [0, 0.05) is 18.9 Å². The molecule has 1 N–H and O–H groups in total. The van der Waals surface area contributed by atoms with Gasteiger partial charge in [-0.25, -0.2) is 0 Å². The van der Waals surface area contributed by atoms with Crippen LogP contribution in [0.25, 0.3) is 0 Å². The number of ether oxygens (including phenoxy) is 1. The molecule has 0 unspecified atom stereocenters. The van der Waals surface area contributed by atoms with E-state index in [1.807, 2.05) is 43.3 Å². The highest BCUT2D eigenvalue weighted by molar-refractivity contribution is 5.75. The Kier molecular flexibility index (Phi) is 5.12. The first kappa shape index (κ1) is 14.1. The van der Waals surface area contributed by atoms with E-state index in [0.29, 0.717) is 19.6 Å². The number of amides is 1. The molecule has 4 nitrogen and oxygen atoms in total. The molecule has 0 saturated heterocycles. The summed E-state index contributed by atoms with van der Waals surface area (Å²) in [4.78, 5) is 15.6. The summed E-state index contributed by atoms with van der Waals surface area (Å²) in [5.41, 5.74) is 2.22. The minimum atomic E-state index is -0.0195. The molecule has 0 aliphatic carbocycles. The van der Waals surface area contributed by atoms with Gasteiger partial charge in [-0.2, -0.15) is 0 Å². The number of nitrogens with zero attached hydrogens (tertiary/aromatic N) is 1. The van der Waals surface area contributed by atoms with Crippen LogP contribution in [-0.4, -0.2) is 17.5 Å². The highest BCUT2D eigenvalue weighted by atomic mass is 16.5. The normalized spacial score (nSPS) is 10.1. The van der Waals surface area contributed by atoms with Crippen molar-refractivity contribution in [2.45, 2.75) is 19.9 Å². The lowest BCUT2D eigenvalue weighted by molar-refractivity contribution is -0.121. The maximum Gasteiger partial charge on any atom is 0.223 e. The first-order chi connectivity index (χ1) is 9.74. The lowest BCUT2D eigenvalue weighted by atomic mass is 10.2. The van der Waals surface area contributed by atoms with Gasteiger partial charge in [0.15, 0.2) is 0 Å². The second-order valence-corrected chi connectivity index (χ2v) is 4.54. The second-order valence-electron chi connectivity index (χ2n) is 4.54. The number of aryl methyl sites for hydroxylation is 1. The number of hydrogen-bond donors (Lipinski definition) is 1. The zero-order valence-corrected chi connectivity index (χ0v) is 11.5. The summed E-state index contributed by atoms with van der Waals surface area (Å²) >= 11 is 0. The summed E-state index contributed by atoms with van der Waals surface area (Å²) in [6, 6.07) is 11.5. The Bertz CT molecular complexity index is 538. The standard InChI is InChI=1S/C16H18N2O2/c1-13-2-4-15(5-3-13)20-11-8-16(19)18-12-14-6-9-17-10-7-14/h2-7,9-10H,8,11-12H2,1H3,(H,18,19). The molecule has 4 heteroatoms. The Labute approximate surface area is 118 Å². The van der Waals surface area contributed by atoms with Crippen molar-refractivity contribution in [2.24, 2.45) is 0 Å². The van der Waals surface area contributed by atoms with Gasteiger partial charge in [0.05, 0.1) is 13.0 Å². The average Bonchev–Trinajstić information content (AvgIpc) is 2.48. The highest BCUT2D eigenvalue weighted by Gasteiger charge is 2.02. The summed E-state index contributed by atoms with van der Waals surface area (Å²) in [6.45, 7) is 2.92. The highest BCUT2D eigenvalue weighted by Crippen LogP contribution is 2.11. The Morgan fingerprint density at radius 1 is 1.15 bits per heavy atom. The molecule has 0 radical (unpaired) electrons. The Morgan fingerprint density at radius 2 is 1.85 bits per heavy atom. The van der Waals surface area contributed by atoms with Crippen LogP contribution in [0.2, 0.25) is 0 Å². The van der Waals surface area contributed by atoms with Crippen molar-refractivity contribution >= 4 is 5.91 Å². The molecule has 1 aromatic carbocycles. The van der Waals surface area contributed by atoms with E-state index in [4.69, 9.17) is 4.74 Å². The van der Waals surface area contributed by atoms with Crippen molar-refractivity contribution in [3.05, 3.63) is 59.9 Å². The molecular weight excluding hydrogens is 252 g/mol. The lowest BCUT2D eigenvalue weighted by Gasteiger charge is -2.07. The van der Waals surface area contributed by atoms with E-state index in [0.717, 1.165) is 11.3 Å². The van der Waals surface area contributed by atoms with Crippen LogP contribution in [0.5, 0.6) is 5.75 Å². The summed E-state index contributed by atoms with van der Waals surface area (Å²) in [6.07, 6.45) is 3.77. The molecule has 104 valence electrons. The molecule has 2 rings (SSSR count). The quantitative estimate of drug-likeness (QED) is 0.877. The molecule has 0 aliphatic heterocycles. The molecule has 0 spiro atoms.